The lowest BCUT2D eigenvalue weighted by atomic mass is 10.1. The Morgan fingerprint density at radius 2 is 1.73 bits per heavy atom. The predicted molar refractivity (Wildman–Crippen MR) is 92.8 cm³/mol. The highest BCUT2D eigenvalue weighted by Gasteiger charge is 2.31. The molecule has 26 heavy (non-hydrogen) atoms. The number of hydrogen-bond donors (Lipinski definition) is 0. The molecule has 0 aliphatic rings. The lowest BCUT2D eigenvalue weighted by Gasteiger charge is -2.10. The molecule has 0 aliphatic heterocycles. The van der Waals surface area contributed by atoms with Gasteiger partial charge in [0.1, 0.15) is 5.82 Å². The summed E-state index contributed by atoms with van der Waals surface area (Å²) in [7, 11) is 3.12. The molecule has 4 nitrogen and oxygen atoms in total. The van der Waals surface area contributed by atoms with E-state index < -0.39 is 11.7 Å². The van der Waals surface area contributed by atoms with E-state index in [4.69, 9.17) is 9.47 Å². The summed E-state index contributed by atoms with van der Waals surface area (Å²) < 4.78 is 51.3. The molecule has 0 saturated heterocycles. The maximum atomic E-state index is 12.9. The van der Waals surface area contributed by atoms with Crippen LogP contribution in [0.1, 0.15) is 23.9 Å². The molecule has 0 unspecified atom stereocenters. The van der Waals surface area contributed by atoms with Crippen LogP contribution in [-0.2, 0) is 19.1 Å². The molecular formula is C19H19F3N2O2. The lowest BCUT2D eigenvalue weighted by Crippen LogP contribution is -2.05. The van der Waals surface area contributed by atoms with Crippen LogP contribution in [0.15, 0.2) is 36.4 Å². The second-order valence-corrected chi connectivity index (χ2v) is 5.84. The van der Waals surface area contributed by atoms with Crippen LogP contribution in [0.3, 0.4) is 0 Å². The third-order valence-corrected chi connectivity index (χ3v) is 4.28. The van der Waals surface area contributed by atoms with Crippen molar-refractivity contribution in [1.29, 1.82) is 0 Å². The van der Waals surface area contributed by atoms with Crippen molar-refractivity contribution in [2.45, 2.75) is 26.1 Å². The highest BCUT2D eigenvalue weighted by atomic mass is 19.4. The van der Waals surface area contributed by atoms with Crippen molar-refractivity contribution in [2.24, 2.45) is 0 Å². The monoisotopic (exact) mass is 364 g/mol. The van der Waals surface area contributed by atoms with Crippen molar-refractivity contribution in [2.75, 3.05) is 14.2 Å². The van der Waals surface area contributed by atoms with Crippen molar-refractivity contribution >= 4 is 11.0 Å². The zero-order chi connectivity index (χ0) is 18.9. The van der Waals surface area contributed by atoms with Gasteiger partial charge in [-0.3, -0.25) is 0 Å². The topological polar surface area (TPSA) is 36.3 Å². The number of fused-ring (bicyclic) bond motifs is 1. The number of halogens is 3. The minimum atomic E-state index is -4.38. The van der Waals surface area contributed by atoms with Gasteiger partial charge in [-0.05, 0) is 42.8 Å². The first kappa shape index (κ1) is 18.1. The number of rotatable bonds is 5. The fourth-order valence-electron chi connectivity index (χ4n) is 3.02. The molecule has 1 heterocycles. The SMILES string of the molecule is CCn1c(Cc2ccc(OC)c(OC)c2)nc2cc(C(F)(F)F)ccc21. The van der Waals surface area contributed by atoms with Crippen LogP contribution >= 0.6 is 0 Å². The minimum Gasteiger partial charge on any atom is -0.493 e. The first-order valence-electron chi connectivity index (χ1n) is 8.14. The van der Waals surface area contributed by atoms with Crippen molar-refractivity contribution in [3.05, 3.63) is 53.3 Å². The largest absolute Gasteiger partial charge is 0.493 e. The molecule has 0 amide bonds. The molecule has 0 fully saturated rings. The third-order valence-electron chi connectivity index (χ3n) is 4.28. The summed E-state index contributed by atoms with van der Waals surface area (Å²) >= 11 is 0. The first-order chi connectivity index (χ1) is 12.4. The molecule has 1 aromatic heterocycles. The molecule has 0 radical (unpaired) electrons. The predicted octanol–water partition coefficient (Wildman–Crippen LogP) is 4.68. The fraction of sp³-hybridized carbons (Fsp3) is 0.316. The molecular weight excluding hydrogens is 345 g/mol. The van der Waals surface area contributed by atoms with Gasteiger partial charge in [-0.25, -0.2) is 4.98 Å². The molecule has 2 aromatic carbocycles. The quantitative estimate of drug-likeness (QED) is 0.659. The van der Waals surface area contributed by atoms with Gasteiger partial charge in [0.05, 0.1) is 30.8 Å². The van der Waals surface area contributed by atoms with Crippen LogP contribution < -0.4 is 9.47 Å². The van der Waals surface area contributed by atoms with Gasteiger partial charge < -0.3 is 14.0 Å². The van der Waals surface area contributed by atoms with Gasteiger partial charge in [-0.2, -0.15) is 13.2 Å². The summed E-state index contributed by atoms with van der Waals surface area (Å²) in [5, 5.41) is 0. The maximum absolute atomic E-state index is 12.9. The van der Waals surface area contributed by atoms with Crippen LogP contribution in [-0.4, -0.2) is 23.8 Å². The lowest BCUT2D eigenvalue weighted by molar-refractivity contribution is -0.137. The van der Waals surface area contributed by atoms with E-state index in [2.05, 4.69) is 4.98 Å². The van der Waals surface area contributed by atoms with Gasteiger partial charge in [0, 0.05) is 13.0 Å². The van der Waals surface area contributed by atoms with Gasteiger partial charge in [-0.15, -0.1) is 0 Å². The Kier molecular flexibility index (Phi) is 4.80. The maximum Gasteiger partial charge on any atom is 0.416 e. The highest BCUT2D eigenvalue weighted by Crippen LogP contribution is 2.32. The third kappa shape index (κ3) is 3.34. The first-order valence-corrected chi connectivity index (χ1v) is 8.14. The van der Waals surface area contributed by atoms with Crippen molar-refractivity contribution in [3.63, 3.8) is 0 Å². The zero-order valence-electron chi connectivity index (χ0n) is 14.7. The van der Waals surface area contributed by atoms with Crippen LogP contribution in [0.2, 0.25) is 0 Å². The number of hydrogen-bond acceptors (Lipinski definition) is 3. The number of nitrogens with zero attached hydrogens (tertiary/aromatic N) is 2. The molecule has 3 rings (SSSR count). The van der Waals surface area contributed by atoms with E-state index in [1.165, 1.54) is 6.07 Å². The number of aryl methyl sites for hydroxylation is 1. The van der Waals surface area contributed by atoms with Crippen LogP contribution in [0.25, 0.3) is 11.0 Å². The Bertz CT molecular complexity index is 932. The molecule has 0 saturated carbocycles. The normalized spacial score (nSPS) is 11.8. The summed E-state index contributed by atoms with van der Waals surface area (Å²) in [5.74, 6) is 1.92. The molecule has 0 atom stereocenters. The van der Waals surface area contributed by atoms with Crippen molar-refractivity contribution in [1.82, 2.24) is 9.55 Å². The number of ether oxygens (including phenoxy) is 2. The Morgan fingerprint density at radius 3 is 2.35 bits per heavy atom. The number of methoxy groups -OCH3 is 2. The molecule has 0 aliphatic carbocycles. The van der Waals surface area contributed by atoms with Crippen LogP contribution in [0.4, 0.5) is 13.2 Å². The van der Waals surface area contributed by atoms with E-state index in [0.717, 1.165) is 17.7 Å². The average Bonchev–Trinajstić information content (AvgIpc) is 2.96. The second kappa shape index (κ2) is 6.90. The highest BCUT2D eigenvalue weighted by molar-refractivity contribution is 5.77. The standard InChI is InChI=1S/C19H19F3N2O2/c1-4-24-15-7-6-13(19(20,21)22)11-14(15)23-18(24)10-12-5-8-16(25-2)17(9-12)26-3/h5-9,11H,4,10H2,1-3H3. The van der Waals surface area contributed by atoms with Gasteiger partial charge >= 0.3 is 6.18 Å². The van der Waals surface area contributed by atoms with E-state index >= 15 is 0 Å². The molecule has 7 heteroatoms. The number of imidazole rings is 1. The van der Waals surface area contributed by atoms with E-state index in [-0.39, 0.29) is 0 Å². The van der Waals surface area contributed by atoms with E-state index in [1.807, 2.05) is 23.6 Å². The summed E-state index contributed by atoms with van der Waals surface area (Å²) in [6.45, 7) is 2.56. The van der Waals surface area contributed by atoms with Crippen LogP contribution in [0, 0.1) is 0 Å². The Balaban J connectivity index is 2.02. The van der Waals surface area contributed by atoms with Crippen molar-refractivity contribution in [3.8, 4) is 11.5 Å². The Hall–Kier alpha value is -2.70. The second-order valence-electron chi connectivity index (χ2n) is 5.84. The Labute approximate surface area is 149 Å². The Morgan fingerprint density at radius 1 is 1.00 bits per heavy atom. The zero-order valence-corrected chi connectivity index (χ0v) is 14.7. The van der Waals surface area contributed by atoms with Gasteiger partial charge in [-0.1, -0.05) is 6.07 Å². The van der Waals surface area contributed by atoms with E-state index in [1.54, 1.807) is 20.3 Å². The molecule has 138 valence electrons. The van der Waals surface area contributed by atoms with Gasteiger partial charge in [0.2, 0.25) is 0 Å². The van der Waals surface area contributed by atoms with E-state index in [9.17, 15) is 13.2 Å². The number of alkyl halides is 3. The average molecular weight is 364 g/mol. The number of aromatic nitrogens is 2. The summed E-state index contributed by atoms with van der Waals surface area (Å²) in [4.78, 5) is 4.44. The molecule has 3 aromatic rings. The molecule has 0 spiro atoms. The van der Waals surface area contributed by atoms with Gasteiger partial charge in [0.25, 0.3) is 0 Å². The summed E-state index contributed by atoms with van der Waals surface area (Å²) in [6.07, 6.45) is -3.90. The minimum absolute atomic E-state index is 0.345. The van der Waals surface area contributed by atoms with Gasteiger partial charge in [0.15, 0.2) is 11.5 Å². The summed E-state index contributed by atoms with van der Waals surface area (Å²) in [5.41, 5.74) is 1.28. The van der Waals surface area contributed by atoms with Crippen LogP contribution in [0.5, 0.6) is 11.5 Å². The van der Waals surface area contributed by atoms with Crippen molar-refractivity contribution < 1.29 is 22.6 Å². The fourth-order valence-corrected chi connectivity index (χ4v) is 3.02. The molecule has 0 N–H and O–H groups in total. The smallest absolute Gasteiger partial charge is 0.416 e. The summed E-state index contributed by atoms with van der Waals surface area (Å²) in [6, 6.07) is 9.21. The number of benzene rings is 2. The molecule has 0 bridgehead atoms. The van der Waals surface area contributed by atoms with E-state index in [0.29, 0.717) is 41.3 Å².